The highest BCUT2D eigenvalue weighted by Crippen LogP contribution is 2.53. The van der Waals surface area contributed by atoms with Crippen LogP contribution in [-0.2, 0) is 15.6 Å². The van der Waals surface area contributed by atoms with Crippen LogP contribution in [0.1, 0.15) is 49.8 Å². The van der Waals surface area contributed by atoms with Crippen molar-refractivity contribution in [2.45, 2.75) is 45.1 Å². The molecule has 1 fully saturated rings. The second-order valence-corrected chi connectivity index (χ2v) is 11.4. The van der Waals surface area contributed by atoms with Gasteiger partial charge >= 0.3 is 0 Å². The van der Waals surface area contributed by atoms with Crippen LogP contribution in [-0.4, -0.2) is 38.6 Å². The fourth-order valence-electron chi connectivity index (χ4n) is 4.97. The molecular weight excluding hydrogens is 462 g/mol. The molecule has 0 amide bonds. The summed E-state index contributed by atoms with van der Waals surface area (Å²) in [5.74, 6) is 0.302. The second kappa shape index (κ2) is 6.62. The quantitative estimate of drug-likeness (QED) is 0.468. The molecule has 0 saturated heterocycles. The molecule has 2 aromatic heterocycles. The predicted octanol–water partition coefficient (Wildman–Crippen LogP) is 4.22. The third kappa shape index (κ3) is 2.92. The molecule has 176 valence electrons. The summed E-state index contributed by atoms with van der Waals surface area (Å²) in [6, 6.07) is 3.85. The molecule has 0 radical (unpaired) electrons. The van der Waals surface area contributed by atoms with Crippen LogP contribution in [0.3, 0.4) is 0 Å². The number of rotatable bonds is 3. The van der Waals surface area contributed by atoms with Gasteiger partial charge in [0, 0.05) is 11.5 Å². The first kappa shape index (κ1) is 21.2. The first-order valence-electron chi connectivity index (χ1n) is 10.9. The number of hydrogen-bond acceptors (Lipinski definition) is 6. The van der Waals surface area contributed by atoms with Gasteiger partial charge in [0.25, 0.3) is 10.0 Å². The van der Waals surface area contributed by atoms with E-state index in [4.69, 9.17) is 0 Å². The Labute approximate surface area is 194 Å². The van der Waals surface area contributed by atoms with Gasteiger partial charge in [-0.25, -0.2) is 17.2 Å². The third-order valence-electron chi connectivity index (χ3n) is 6.55. The average Bonchev–Trinajstić information content (AvgIpc) is 3.35. The molecule has 1 N–H and O–H groups in total. The highest BCUT2D eigenvalue weighted by Gasteiger charge is 2.41. The molecule has 0 atom stereocenters. The maximum absolute atomic E-state index is 15.7. The molecule has 8 nitrogen and oxygen atoms in total. The zero-order valence-electron chi connectivity index (χ0n) is 19.0. The Hall–Kier alpha value is -3.34. The van der Waals surface area contributed by atoms with Gasteiger partial charge in [-0.3, -0.25) is 4.57 Å². The molecular formula is C23H22F2N6O2S. The van der Waals surface area contributed by atoms with Crippen LogP contribution in [0.5, 0.6) is 0 Å². The Morgan fingerprint density at radius 3 is 2.53 bits per heavy atom. The fraction of sp³-hybridized carbons (Fsp3) is 0.348. The van der Waals surface area contributed by atoms with Gasteiger partial charge in [-0.15, -0.1) is 10.2 Å². The van der Waals surface area contributed by atoms with Crippen molar-refractivity contribution in [2.75, 3.05) is 11.6 Å². The summed E-state index contributed by atoms with van der Waals surface area (Å²) >= 11 is 0. The number of fused-ring (bicyclic) bond motifs is 4. The molecule has 1 aliphatic carbocycles. The summed E-state index contributed by atoms with van der Waals surface area (Å²) in [6.45, 7) is 5.64. The van der Waals surface area contributed by atoms with Crippen molar-refractivity contribution in [3.05, 3.63) is 53.2 Å². The highest BCUT2D eigenvalue weighted by molar-refractivity contribution is 7.89. The summed E-state index contributed by atoms with van der Waals surface area (Å²) in [5.41, 5.74) is 2.20. The second-order valence-electron chi connectivity index (χ2n) is 9.61. The van der Waals surface area contributed by atoms with Crippen LogP contribution in [0.2, 0.25) is 0 Å². The predicted molar refractivity (Wildman–Crippen MR) is 124 cm³/mol. The van der Waals surface area contributed by atoms with Gasteiger partial charge in [0.05, 0.1) is 34.9 Å². The number of nitrogens with zero attached hydrogens (tertiary/aromatic N) is 5. The number of nitrogens with one attached hydrogen (secondary N) is 1. The first-order valence-corrected chi connectivity index (χ1v) is 12.8. The van der Waals surface area contributed by atoms with Crippen LogP contribution in [0, 0.1) is 18.6 Å². The lowest BCUT2D eigenvalue weighted by Crippen LogP contribution is -2.37. The van der Waals surface area contributed by atoms with Crippen molar-refractivity contribution in [3.63, 3.8) is 0 Å². The minimum absolute atomic E-state index is 0.109. The van der Waals surface area contributed by atoms with Crippen molar-refractivity contribution in [2.24, 2.45) is 0 Å². The molecule has 1 saturated carbocycles. The normalized spacial score (nSPS) is 16.9. The molecule has 0 unspecified atom stereocenters. The fourth-order valence-corrected chi connectivity index (χ4v) is 5.70. The molecule has 6 rings (SSSR count). The molecule has 1 aliphatic heterocycles. The van der Waals surface area contributed by atoms with Crippen LogP contribution in [0.15, 0.2) is 24.4 Å². The van der Waals surface area contributed by atoms with Crippen LogP contribution < -0.4 is 5.32 Å². The summed E-state index contributed by atoms with van der Waals surface area (Å²) in [4.78, 5) is 0. The topological polar surface area (TPSA) is 94.7 Å². The van der Waals surface area contributed by atoms with E-state index in [1.165, 1.54) is 18.3 Å². The standard InChI is InChI=1S/C23H22F2N6O2S/c1-11-28-29-22-23(2,3)27-20-17(25)9-15(19(12-5-6-12)21(20)30(11)22)14-7-13(24)8-18-16(14)10-26-31(18)34(4,32)33/h7-10,12,27H,5-6H2,1-4H3. The van der Waals surface area contributed by atoms with E-state index in [9.17, 15) is 12.8 Å². The number of anilines is 1. The zero-order valence-corrected chi connectivity index (χ0v) is 19.8. The van der Waals surface area contributed by atoms with Crippen molar-refractivity contribution >= 4 is 26.6 Å². The van der Waals surface area contributed by atoms with Gasteiger partial charge in [-0.2, -0.15) is 9.19 Å². The van der Waals surface area contributed by atoms with Gasteiger partial charge in [-0.05, 0) is 68.4 Å². The van der Waals surface area contributed by atoms with Gasteiger partial charge in [0.1, 0.15) is 17.5 Å². The van der Waals surface area contributed by atoms with Crippen LogP contribution >= 0.6 is 0 Å². The molecule has 0 spiro atoms. The van der Waals surface area contributed by atoms with Gasteiger partial charge < -0.3 is 5.32 Å². The van der Waals surface area contributed by atoms with E-state index in [0.717, 1.165) is 34.8 Å². The van der Waals surface area contributed by atoms with E-state index in [-0.39, 0.29) is 11.4 Å². The molecule has 11 heteroatoms. The van der Waals surface area contributed by atoms with Gasteiger partial charge in [0.2, 0.25) is 0 Å². The Kier molecular flexibility index (Phi) is 4.13. The lowest BCUT2D eigenvalue weighted by molar-refractivity contribution is 0.521. The van der Waals surface area contributed by atoms with E-state index in [1.54, 1.807) is 0 Å². The van der Waals surface area contributed by atoms with Crippen molar-refractivity contribution in [3.8, 4) is 16.8 Å². The number of halogens is 2. The third-order valence-corrected chi connectivity index (χ3v) is 7.47. The first-order chi connectivity index (χ1) is 16.0. The van der Waals surface area contributed by atoms with Crippen molar-refractivity contribution in [1.82, 2.24) is 24.0 Å². The maximum atomic E-state index is 15.7. The van der Waals surface area contributed by atoms with Crippen LogP contribution in [0.4, 0.5) is 14.5 Å². The molecule has 2 aliphatic rings. The van der Waals surface area contributed by atoms with E-state index < -0.39 is 27.2 Å². The van der Waals surface area contributed by atoms with Gasteiger partial charge in [-0.1, -0.05) is 0 Å². The Morgan fingerprint density at radius 1 is 1.12 bits per heavy atom. The number of benzene rings is 2. The number of aromatic nitrogens is 5. The monoisotopic (exact) mass is 484 g/mol. The van der Waals surface area contributed by atoms with Crippen molar-refractivity contribution in [1.29, 1.82) is 0 Å². The Bertz CT molecular complexity index is 1630. The lowest BCUT2D eigenvalue weighted by atomic mass is 9.89. The van der Waals surface area contributed by atoms with E-state index in [1.807, 2.05) is 25.3 Å². The molecule has 3 heterocycles. The minimum Gasteiger partial charge on any atom is -0.369 e. The molecule has 34 heavy (non-hydrogen) atoms. The van der Waals surface area contributed by atoms with Crippen molar-refractivity contribution < 1.29 is 17.2 Å². The van der Waals surface area contributed by atoms with Crippen LogP contribution in [0.25, 0.3) is 27.7 Å². The molecule has 0 bridgehead atoms. The smallest absolute Gasteiger partial charge is 0.251 e. The summed E-state index contributed by atoms with van der Waals surface area (Å²) in [6.07, 6.45) is 4.20. The maximum Gasteiger partial charge on any atom is 0.251 e. The highest BCUT2D eigenvalue weighted by atomic mass is 32.2. The zero-order chi connectivity index (χ0) is 24.2. The summed E-state index contributed by atoms with van der Waals surface area (Å²) < 4.78 is 57.6. The van der Waals surface area contributed by atoms with Gasteiger partial charge in [0.15, 0.2) is 5.82 Å². The lowest BCUT2D eigenvalue weighted by Gasteiger charge is -2.36. The minimum atomic E-state index is -3.76. The van der Waals surface area contributed by atoms with E-state index in [2.05, 4.69) is 20.6 Å². The largest absolute Gasteiger partial charge is 0.369 e. The molecule has 4 aromatic rings. The van der Waals surface area contributed by atoms with E-state index in [0.29, 0.717) is 39.5 Å². The SMILES string of the molecule is Cc1nnc2n1-c1c(c(F)cc(-c3cc(F)cc4c3cnn4S(C)(=O)=O)c1C1CC1)NC2(C)C. The summed E-state index contributed by atoms with van der Waals surface area (Å²) in [7, 11) is -3.76. The van der Waals surface area contributed by atoms with E-state index >= 15 is 4.39 Å². The number of hydrogen-bond donors (Lipinski definition) is 1. The Morgan fingerprint density at radius 2 is 1.85 bits per heavy atom. The number of aryl methyl sites for hydroxylation is 1. The molecule has 2 aromatic carbocycles. The summed E-state index contributed by atoms with van der Waals surface area (Å²) in [5, 5.41) is 16.3. The average molecular weight is 485 g/mol. The Balaban J connectivity index is 1.73.